The van der Waals surface area contributed by atoms with Crippen molar-refractivity contribution >= 4 is 22.9 Å². The molecule has 0 aromatic carbocycles. The van der Waals surface area contributed by atoms with Crippen LogP contribution in [0.3, 0.4) is 0 Å². The summed E-state index contributed by atoms with van der Waals surface area (Å²) in [6.45, 7) is 2.01. The molecule has 7 nitrogen and oxygen atoms in total. The molecule has 3 heterocycles. The molecule has 0 spiro atoms. The maximum absolute atomic E-state index is 7.64. The van der Waals surface area contributed by atoms with Crippen LogP contribution in [0.1, 0.15) is 24.2 Å². The molecule has 3 aromatic heterocycles. The molecule has 1 atom stereocenters. The highest BCUT2D eigenvalue weighted by Gasteiger charge is 2.16. The van der Waals surface area contributed by atoms with Crippen LogP contribution in [0.15, 0.2) is 36.7 Å². The summed E-state index contributed by atoms with van der Waals surface area (Å²) in [5.74, 6) is 0.643. The molecule has 7 heteroatoms. The van der Waals surface area contributed by atoms with Crippen molar-refractivity contribution in [3.63, 3.8) is 0 Å². The van der Waals surface area contributed by atoms with Gasteiger partial charge in [0, 0.05) is 25.0 Å². The van der Waals surface area contributed by atoms with Crippen molar-refractivity contribution in [3.8, 4) is 0 Å². The van der Waals surface area contributed by atoms with E-state index in [1.807, 2.05) is 36.7 Å². The van der Waals surface area contributed by atoms with Gasteiger partial charge in [-0.15, -0.1) is 0 Å². The Labute approximate surface area is 127 Å². The molecule has 112 valence electrons. The minimum Gasteiger partial charge on any atom is -0.384 e. The molecule has 1 unspecified atom stereocenters. The van der Waals surface area contributed by atoms with E-state index in [1.54, 1.807) is 18.5 Å². The highest BCUT2D eigenvalue weighted by Crippen LogP contribution is 2.22. The van der Waals surface area contributed by atoms with Crippen LogP contribution < -0.4 is 11.1 Å². The third-order valence-electron chi connectivity index (χ3n) is 3.53. The second kappa shape index (κ2) is 5.44. The van der Waals surface area contributed by atoms with Gasteiger partial charge in [0.05, 0.1) is 11.7 Å². The van der Waals surface area contributed by atoms with Crippen LogP contribution in [0.25, 0.3) is 11.2 Å². The number of pyridine rings is 2. The first-order chi connectivity index (χ1) is 10.6. The van der Waals surface area contributed by atoms with Crippen molar-refractivity contribution in [2.24, 2.45) is 12.8 Å². The standard InChI is InChI=1S/C15H17N7/c1-9(11-5-3-4-7-18-11)20-15-21-12-10(13(16)17)6-8-19-14(12)22(15)2/h3-9H,1-2H3,(H3,16,17)(H,20,21). The quantitative estimate of drug-likeness (QED) is 0.503. The van der Waals surface area contributed by atoms with E-state index < -0.39 is 0 Å². The van der Waals surface area contributed by atoms with Crippen molar-refractivity contribution in [2.45, 2.75) is 13.0 Å². The lowest BCUT2D eigenvalue weighted by Crippen LogP contribution is -2.12. The zero-order chi connectivity index (χ0) is 15.7. The minimum absolute atomic E-state index is 0.00232. The Morgan fingerprint density at radius 1 is 1.27 bits per heavy atom. The molecule has 0 amide bonds. The molecule has 0 aliphatic carbocycles. The number of anilines is 1. The number of nitrogens with zero attached hydrogens (tertiary/aromatic N) is 4. The summed E-state index contributed by atoms with van der Waals surface area (Å²) in [5, 5.41) is 11.0. The monoisotopic (exact) mass is 295 g/mol. The lowest BCUT2D eigenvalue weighted by molar-refractivity contribution is 0.801. The Bertz CT molecular complexity index is 823. The first kappa shape index (κ1) is 14.0. The number of hydrogen-bond acceptors (Lipinski definition) is 5. The highest BCUT2D eigenvalue weighted by atomic mass is 15.2. The average molecular weight is 295 g/mol. The lowest BCUT2D eigenvalue weighted by atomic mass is 10.2. The third-order valence-corrected chi connectivity index (χ3v) is 3.53. The Hall–Kier alpha value is -2.96. The van der Waals surface area contributed by atoms with E-state index in [9.17, 15) is 0 Å². The summed E-state index contributed by atoms with van der Waals surface area (Å²) in [7, 11) is 1.87. The van der Waals surface area contributed by atoms with E-state index in [4.69, 9.17) is 11.1 Å². The van der Waals surface area contributed by atoms with Gasteiger partial charge in [-0.3, -0.25) is 15.0 Å². The summed E-state index contributed by atoms with van der Waals surface area (Å²) in [4.78, 5) is 13.2. The predicted octanol–water partition coefficient (Wildman–Crippen LogP) is 1.82. The van der Waals surface area contributed by atoms with Crippen molar-refractivity contribution in [1.29, 1.82) is 5.41 Å². The lowest BCUT2D eigenvalue weighted by Gasteiger charge is -2.13. The van der Waals surface area contributed by atoms with Crippen LogP contribution in [0.2, 0.25) is 0 Å². The van der Waals surface area contributed by atoms with Crippen LogP contribution in [0, 0.1) is 5.41 Å². The van der Waals surface area contributed by atoms with Gasteiger partial charge in [0.15, 0.2) is 5.65 Å². The SMILES string of the molecule is CC(Nc1nc2c(C(=N)N)ccnc2n1C)c1ccccn1. The molecular weight excluding hydrogens is 278 g/mol. The van der Waals surface area contributed by atoms with Gasteiger partial charge >= 0.3 is 0 Å². The van der Waals surface area contributed by atoms with Gasteiger partial charge in [-0.1, -0.05) is 6.07 Å². The normalized spacial score (nSPS) is 12.3. The van der Waals surface area contributed by atoms with Crippen LogP contribution in [0.4, 0.5) is 5.95 Å². The number of amidine groups is 1. The Morgan fingerprint density at radius 2 is 2.09 bits per heavy atom. The molecular formula is C15H17N7. The topological polar surface area (TPSA) is 106 Å². The molecule has 0 aliphatic rings. The van der Waals surface area contributed by atoms with Crippen LogP contribution >= 0.6 is 0 Å². The smallest absolute Gasteiger partial charge is 0.205 e. The predicted molar refractivity (Wildman–Crippen MR) is 85.8 cm³/mol. The fraction of sp³-hybridized carbons (Fsp3) is 0.200. The van der Waals surface area contributed by atoms with Gasteiger partial charge in [-0.2, -0.15) is 0 Å². The fourth-order valence-corrected chi connectivity index (χ4v) is 2.33. The van der Waals surface area contributed by atoms with E-state index >= 15 is 0 Å². The Morgan fingerprint density at radius 3 is 2.77 bits per heavy atom. The fourth-order valence-electron chi connectivity index (χ4n) is 2.33. The molecule has 4 N–H and O–H groups in total. The summed E-state index contributed by atoms with van der Waals surface area (Å²) >= 11 is 0. The first-order valence-electron chi connectivity index (χ1n) is 6.91. The zero-order valence-corrected chi connectivity index (χ0v) is 12.4. The summed E-state index contributed by atoms with van der Waals surface area (Å²) in [6.07, 6.45) is 3.39. The second-order valence-electron chi connectivity index (χ2n) is 5.06. The van der Waals surface area contributed by atoms with Crippen molar-refractivity contribution in [3.05, 3.63) is 47.9 Å². The highest BCUT2D eigenvalue weighted by molar-refractivity contribution is 6.05. The molecule has 3 rings (SSSR count). The number of rotatable bonds is 4. The van der Waals surface area contributed by atoms with E-state index in [0.717, 1.165) is 5.69 Å². The third kappa shape index (κ3) is 2.37. The molecule has 0 saturated carbocycles. The molecule has 22 heavy (non-hydrogen) atoms. The number of hydrogen-bond donors (Lipinski definition) is 3. The van der Waals surface area contributed by atoms with E-state index in [1.165, 1.54) is 0 Å². The van der Waals surface area contributed by atoms with Gasteiger partial charge in [0.25, 0.3) is 0 Å². The average Bonchev–Trinajstić information content (AvgIpc) is 2.84. The number of aryl methyl sites for hydroxylation is 1. The molecule has 0 radical (unpaired) electrons. The zero-order valence-electron chi connectivity index (χ0n) is 12.4. The number of fused-ring (bicyclic) bond motifs is 1. The minimum atomic E-state index is -0.0187. The maximum Gasteiger partial charge on any atom is 0.205 e. The number of imidazole rings is 1. The second-order valence-corrected chi connectivity index (χ2v) is 5.06. The van der Waals surface area contributed by atoms with Gasteiger partial charge < -0.3 is 11.1 Å². The Kier molecular flexibility index (Phi) is 3.46. The number of nitrogen functional groups attached to an aromatic ring is 1. The van der Waals surface area contributed by atoms with Gasteiger partial charge in [-0.05, 0) is 25.1 Å². The van der Waals surface area contributed by atoms with Crippen molar-refractivity contribution < 1.29 is 0 Å². The van der Waals surface area contributed by atoms with Crippen molar-refractivity contribution in [2.75, 3.05) is 5.32 Å². The maximum atomic E-state index is 7.64. The van der Waals surface area contributed by atoms with Crippen LogP contribution in [0.5, 0.6) is 0 Å². The van der Waals surface area contributed by atoms with Gasteiger partial charge in [-0.25, -0.2) is 9.97 Å². The van der Waals surface area contributed by atoms with E-state index in [-0.39, 0.29) is 11.9 Å². The first-order valence-corrected chi connectivity index (χ1v) is 6.91. The molecule has 0 saturated heterocycles. The van der Waals surface area contributed by atoms with Crippen LogP contribution in [-0.4, -0.2) is 25.4 Å². The van der Waals surface area contributed by atoms with Crippen molar-refractivity contribution in [1.82, 2.24) is 19.5 Å². The summed E-state index contributed by atoms with van der Waals surface area (Å²) < 4.78 is 1.85. The molecule has 0 fully saturated rings. The molecule has 0 bridgehead atoms. The van der Waals surface area contributed by atoms with Gasteiger partial charge in [0.2, 0.25) is 5.95 Å². The molecule has 3 aromatic rings. The number of nitrogens with two attached hydrogens (primary N) is 1. The largest absolute Gasteiger partial charge is 0.384 e. The van der Waals surface area contributed by atoms with Gasteiger partial charge in [0.1, 0.15) is 11.4 Å². The van der Waals surface area contributed by atoms with E-state index in [2.05, 4.69) is 20.3 Å². The Balaban J connectivity index is 2.00. The van der Waals surface area contributed by atoms with E-state index in [0.29, 0.717) is 22.7 Å². The van der Waals surface area contributed by atoms with Crippen LogP contribution in [-0.2, 0) is 7.05 Å². The molecule has 0 aliphatic heterocycles. The summed E-state index contributed by atoms with van der Waals surface area (Å²) in [6, 6.07) is 7.49. The summed E-state index contributed by atoms with van der Waals surface area (Å²) in [5.41, 5.74) is 8.42. The number of nitrogens with one attached hydrogen (secondary N) is 2. The number of aromatic nitrogens is 4.